The largest absolute Gasteiger partial charge is 0.439 e. The number of benzene rings is 2. The first-order valence-corrected chi connectivity index (χ1v) is 11.9. The van der Waals surface area contributed by atoms with Gasteiger partial charge in [0.25, 0.3) is 5.69 Å². The standard InChI is InChI=1S/C28H35N3O3/c1-6-30-25-12-9-10-13-26(25)34-27(30)14-8-7-11-19-29-24-16-15-22(31(32)33)20-23(24)28(4,5)18-17-21(2)3/h7-16,19-21,29H,6,17-18H2,1-5H3/b8-7+,19-11+,27-14-. The number of hydrogen-bond donors (Lipinski definition) is 1. The van der Waals surface area contributed by atoms with Crippen LogP contribution in [0.4, 0.5) is 17.1 Å². The van der Waals surface area contributed by atoms with Crippen molar-refractivity contribution >= 4 is 17.1 Å². The van der Waals surface area contributed by atoms with E-state index in [9.17, 15) is 10.1 Å². The van der Waals surface area contributed by atoms with Crippen LogP contribution in [0.5, 0.6) is 5.75 Å². The number of nitro groups is 1. The number of nitrogens with one attached hydrogen (secondary N) is 1. The molecule has 2 aromatic carbocycles. The van der Waals surface area contributed by atoms with Crippen molar-refractivity contribution < 1.29 is 9.66 Å². The van der Waals surface area contributed by atoms with E-state index in [2.05, 4.69) is 50.9 Å². The van der Waals surface area contributed by atoms with Gasteiger partial charge in [-0.15, -0.1) is 0 Å². The fraction of sp³-hybridized carbons (Fsp3) is 0.357. The van der Waals surface area contributed by atoms with Crippen molar-refractivity contribution in [2.75, 3.05) is 16.8 Å². The molecule has 0 saturated heterocycles. The highest BCUT2D eigenvalue weighted by atomic mass is 16.6. The Morgan fingerprint density at radius 1 is 1.15 bits per heavy atom. The quantitative estimate of drug-likeness (QED) is 0.225. The highest BCUT2D eigenvalue weighted by molar-refractivity contribution is 5.66. The summed E-state index contributed by atoms with van der Waals surface area (Å²) in [6.45, 7) is 11.6. The van der Waals surface area contributed by atoms with E-state index in [1.54, 1.807) is 18.2 Å². The molecule has 0 aromatic heterocycles. The molecule has 1 aliphatic heterocycles. The van der Waals surface area contributed by atoms with Crippen molar-refractivity contribution in [1.29, 1.82) is 0 Å². The Morgan fingerprint density at radius 3 is 2.62 bits per heavy atom. The van der Waals surface area contributed by atoms with Gasteiger partial charge in [0.15, 0.2) is 5.75 Å². The second-order valence-corrected chi connectivity index (χ2v) is 9.51. The molecule has 1 N–H and O–H groups in total. The van der Waals surface area contributed by atoms with Crippen LogP contribution in [-0.2, 0) is 5.41 Å². The number of ether oxygens (including phenoxy) is 1. The Morgan fingerprint density at radius 2 is 1.91 bits per heavy atom. The van der Waals surface area contributed by atoms with E-state index in [4.69, 9.17) is 4.74 Å². The maximum Gasteiger partial charge on any atom is 0.269 e. The molecule has 34 heavy (non-hydrogen) atoms. The Kier molecular flexibility index (Phi) is 8.16. The Hall–Kier alpha value is -3.54. The minimum Gasteiger partial charge on any atom is -0.439 e. The van der Waals surface area contributed by atoms with Crippen LogP contribution in [0.25, 0.3) is 0 Å². The molecule has 0 bridgehead atoms. The molecule has 1 heterocycles. The van der Waals surface area contributed by atoms with Gasteiger partial charge in [0.2, 0.25) is 5.88 Å². The normalized spacial score (nSPS) is 14.9. The maximum absolute atomic E-state index is 11.4. The minimum atomic E-state index is -0.332. The predicted molar refractivity (Wildman–Crippen MR) is 140 cm³/mol. The number of allylic oxidation sites excluding steroid dienone is 4. The number of rotatable bonds is 10. The van der Waals surface area contributed by atoms with Crippen LogP contribution in [0.1, 0.15) is 53.0 Å². The molecule has 0 radical (unpaired) electrons. The van der Waals surface area contributed by atoms with E-state index in [1.165, 1.54) is 0 Å². The molecule has 0 saturated carbocycles. The van der Waals surface area contributed by atoms with Crippen LogP contribution in [-0.4, -0.2) is 11.5 Å². The first-order valence-electron chi connectivity index (χ1n) is 11.9. The molecule has 0 fully saturated rings. The van der Waals surface area contributed by atoms with Crippen molar-refractivity contribution in [3.8, 4) is 5.75 Å². The minimum absolute atomic E-state index is 0.117. The van der Waals surface area contributed by atoms with Crippen molar-refractivity contribution in [3.63, 3.8) is 0 Å². The summed E-state index contributed by atoms with van der Waals surface area (Å²) in [5.41, 5.74) is 2.84. The number of anilines is 2. The monoisotopic (exact) mass is 461 g/mol. The fourth-order valence-electron chi connectivity index (χ4n) is 4.01. The first-order chi connectivity index (χ1) is 16.2. The second-order valence-electron chi connectivity index (χ2n) is 9.51. The molecule has 3 rings (SSSR count). The molecule has 180 valence electrons. The van der Waals surface area contributed by atoms with Crippen molar-refractivity contribution in [2.45, 2.75) is 52.9 Å². The van der Waals surface area contributed by atoms with Gasteiger partial charge in [0.1, 0.15) is 0 Å². The van der Waals surface area contributed by atoms with Gasteiger partial charge in [0.05, 0.1) is 10.6 Å². The molecule has 0 atom stereocenters. The topological polar surface area (TPSA) is 67.6 Å². The maximum atomic E-state index is 11.4. The SMILES string of the molecule is CCN1/C(=C/C=C/C=C/Nc2ccc([N+](=O)[O-])cc2C(C)(C)CCC(C)C)Oc2ccccc21. The summed E-state index contributed by atoms with van der Waals surface area (Å²) >= 11 is 0. The lowest BCUT2D eigenvalue weighted by molar-refractivity contribution is -0.384. The van der Waals surface area contributed by atoms with Crippen LogP contribution >= 0.6 is 0 Å². The van der Waals surface area contributed by atoms with Crippen molar-refractivity contribution in [1.82, 2.24) is 0 Å². The van der Waals surface area contributed by atoms with E-state index in [-0.39, 0.29) is 16.0 Å². The van der Waals surface area contributed by atoms with Crippen molar-refractivity contribution in [2.24, 2.45) is 5.92 Å². The lowest BCUT2D eigenvalue weighted by Gasteiger charge is -2.28. The molecule has 6 nitrogen and oxygen atoms in total. The van der Waals surface area contributed by atoms with E-state index < -0.39 is 0 Å². The van der Waals surface area contributed by atoms with Gasteiger partial charge in [-0.3, -0.25) is 10.1 Å². The van der Waals surface area contributed by atoms with Crippen LogP contribution in [0.3, 0.4) is 0 Å². The number of para-hydroxylation sites is 2. The van der Waals surface area contributed by atoms with E-state index >= 15 is 0 Å². The second kappa shape index (κ2) is 11.1. The Labute approximate surface area is 202 Å². The van der Waals surface area contributed by atoms with Gasteiger partial charge in [-0.2, -0.15) is 0 Å². The molecule has 0 amide bonds. The zero-order valence-electron chi connectivity index (χ0n) is 20.7. The van der Waals surface area contributed by atoms with Crippen LogP contribution in [0, 0.1) is 16.0 Å². The van der Waals surface area contributed by atoms with Crippen LogP contribution < -0.4 is 15.0 Å². The molecule has 6 heteroatoms. The zero-order chi connectivity index (χ0) is 24.7. The first kappa shape index (κ1) is 25.1. The molecule has 0 spiro atoms. The van der Waals surface area contributed by atoms with Gasteiger partial charge >= 0.3 is 0 Å². The van der Waals surface area contributed by atoms with E-state index in [1.807, 2.05) is 48.7 Å². The van der Waals surface area contributed by atoms with Gasteiger partial charge in [-0.25, -0.2) is 0 Å². The third kappa shape index (κ3) is 6.07. The average molecular weight is 462 g/mol. The number of fused-ring (bicyclic) bond motifs is 1. The molecular formula is C28H35N3O3. The predicted octanol–water partition coefficient (Wildman–Crippen LogP) is 7.55. The summed E-state index contributed by atoms with van der Waals surface area (Å²) in [6.07, 6.45) is 11.6. The summed E-state index contributed by atoms with van der Waals surface area (Å²) in [4.78, 5) is 13.2. The Balaban J connectivity index is 1.71. The third-order valence-corrected chi connectivity index (χ3v) is 6.04. The summed E-state index contributed by atoms with van der Waals surface area (Å²) in [7, 11) is 0. The fourth-order valence-corrected chi connectivity index (χ4v) is 4.01. The summed E-state index contributed by atoms with van der Waals surface area (Å²) < 4.78 is 5.95. The molecule has 0 aliphatic carbocycles. The zero-order valence-corrected chi connectivity index (χ0v) is 20.7. The summed E-state index contributed by atoms with van der Waals surface area (Å²) in [6, 6.07) is 13.0. The summed E-state index contributed by atoms with van der Waals surface area (Å²) in [5.74, 6) is 2.24. The highest BCUT2D eigenvalue weighted by Crippen LogP contribution is 2.38. The smallest absolute Gasteiger partial charge is 0.269 e. The van der Waals surface area contributed by atoms with Crippen molar-refractivity contribution in [3.05, 3.63) is 94.5 Å². The molecule has 2 aromatic rings. The van der Waals surface area contributed by atoms with Gasteiger partial charge in [-0.05, 0) is 60.6 Å². The number of non-ortho nitro benzene ring substituents is 1. The Bertz CT molecular complexity index is 1100. The number of nitro benzene ring substituents is 1. The van der Waals surface area contributed by atoms with E-state index in [0.29, 0.717) is 5.92 Å². The lowest BCUT2D eigenvalue weighted by atomic mass is 9.78. The molecule has 1 aliphatic rings. The van der Waals surface area contributed by atoms with Gasteiger partial charge in [0, 0.05) is 30.6 Å². The number of nitrogens with zero attached hydrogens (tertiary/aromatic N) is 2. The highest BCUT2D eigenvalue weighted by Gasteiger charge is 2.26. The van der Waals surface area contributed by atoms with Gasteiger partial charge < -0.3 is 15.0 Å². The number of hydrogen-bond acceptors (Lipinski definition) is 5. The lowest BCUT2D eigenvalue weighted by Crippen LogP contribution is -2.20. The van der Waals surface area contributed by atoms with Gasteiger partial charge in [-0.1, -0.05) is 58.4 Å². The average Bonchev–Trinajstić information content (AvgIpc) is 3.17. The van der Waals surface area contributed by atoms with Crippen LogP contribution in [0.15, 0.2) is 78.9 Å². The molecular weight excluding hydrogens is 426 g/mol. The summed E-state index contributed by atoms with van der Waals surface area (Å²) in [5, 5.41) is 14.7. The van der Waals surface area contributed by atoms with Crippen LogP contribution in [0.2, 0.25) is 0 Å². The third-order valence-electron chi connectivity index (χ3n) is 6.04. The molecule has 0 unspecified atom stereocenters. The van der Waals surface area contributed by atoms with E-state index in [0.717, 1.165) is 48.0 Å².